The van der Waals surface area contributed by atoms with Gasteiger partial charge in [0.25, 0.3) is 0 Å². The Kier molecular flexibility index (Phi) is 8.24. The van der Waals surface area contributed by atoms with E-state index in [4.69, 9.17) is 4.74 Å². The van der Waals surface area contributed by atoms with Gasteiger partial charge in [-0.3, -0.25) is 0 Å². The first-order chi connectivity index (χ1) is 10.3. The molecule has 0 N–H and O–H groups in total. The summed E-state index contributed by atoms with van der Waals surface area (Å²) in [5.74, 6) is 1.93. The van der Waals surface area contributed by atoms with Gasteiger partial charge < -0.3 is 4.74 Å². The first-order valence-corrected chi connectivity index (χ1v) is 9.52. The molecule has 0 spiro atoms. The summed E-state index contributed by atoms with van der Waals surface area (Å²) < 4.78 is 6.94. The molecule has 1 aliphatic rings. The Morgan fingerprint density at radius 3 is 2.05 bits per heavy atom. The van der Waals surface area contributed by atoms with E-state index in [-0.39, 0.29) is 0 Å². The second-order valence-electron chi connectivity index (χ2n) is 6.36. The summed E-state index contributed by atoms with van der Waals surface area (Å²) in [4.78, 5) is 0. The zero-order valence-corrected chi connectivity index (χ0v) is 14.7. The molecule has 2 rings (SSSR count). The van der Waals surface area contributed by atoms with Gasteiger partial charge in [0.1, 0.15) is 5.75 Å². The second-order valence-corrected chi connectivity index (χ2v) is 7.28. The maximum absolute atomic E-state index is 5.83. The zero-order chi connectivity index (χ0) is 14.8. The number of halogens is 1. The first kappa shape index (κ1) is 16.9. The molecule has 1 aromatic rings. The van der Waals surface area contributed by atoms with Crippen molar-refractivity contribution >= 4 is 15.9 Å². The van der Waals surface area contributed by atoms with Crippen molar-refractivity contribution in [3.05, 3.63) is 28.7 Å². The lowest BCUT2D eigenvalue weighted by Crippen LogP contribution is -2.06. The minimum Gasteiger partial charge on any atom is -0.494 e. The largest absolute Gasteiger partial charge is 0.494 e. The minimum atomic E-state index is 0.859. The summed E-state index contributed by atoms with van der Waals surface area (Å²) >= 11 is 3.45. The Labute approximate surface area is 138 Å². The molecule has 2 heteroatoms. The fourth-order valence-electron chi connectivity index (χ4n) is 3.28. The van der Waals surface area contributed by atoms with Crippen LogP contribution >= 0.6 is 15.9 Å². The first-order valence-electron chi connectivity index (χ1n) is 8.73. The highest BCUT2D eigenvalue weighted by Gasteiger charge is 2.10. The SMILES string of the molecule is Brc1ccc(OCCCC2CCCCCCCCC2)cc1. The average Bonchev–Trinajstić information content (AvgIpc) is 2.51. The lowest BCUT2D eigenvalue weighted by molar-refractivity contribution is 0.278. The van der Waals surface area contributed by atoms with Crippen molar-refractivity contribution < 1.29 is 4.74 Å². The van der Waals surface area contributed by atoms with Crippen LogP contribution in [0.4, 0.5) is 0 Å². The second kappa shape index (κ2) is 10.3. The van der Waals surface area contributed by atoms with Crippen molar-refractivity contribution in [1.29, 1.82) is 0 Å². The predicted molar refractivity (Wildman–Crippen MR) is 93.9 cm³/mol. The maximum Gasteiger partial charge on any atom is 0.119 e. The molecule has 0 bridgehead atoms. The summed E-state index contributed by atoms with van der Waals surface area (Å²) in [6.45, 7) is 0.859. The molecule has 1 nitrogen and oxygen atoms in total. The van der Waals surface area contributed by atoms with E-state index in [1.165, 1.54) is 70.6 Å². The van der Waals surface area contributed by atoms with E-state index in [0.29, 0.717) is 0 Å². The predicted octanol–water partition coefficient (Wildman–Crippen LogP) is 6.75. The molecule has 0 radical (unpaired) electrons. The van der Waals surface area contributed by atoms with Gasteiger partial charge in [-0.2, -0.15) is 0 Å². The topological polar surface area (TPSA) is 9.23 Å². The molecule has 21 heavy (non-hydrogen) atoms. The van der Waals surface area contributed by atoms with Crippen LogP contribution in [-0.2, 0) is 0 Å². The molecule has 0 aliphatic heterocycles. The van der Waals surface area contributed by atoms with Crippen LogP contribution in [0.15, 0.2) is 28.7 Å². The van der Waals surface area contributed by atoms with Crippen LogP contribution in [0.25, 0.3) is 0 Å². The van der Waals surface area contributed by atoms with Crippen molar-refractivity contribution in [2.24, 2.45) is 5.92 Å². The van der Waals surface area contributed by atoms with E-state index >= 15 is 0 Å². The third kappa shape index (κ3) is 7.35. The van der Waals surface area contributed by atoms with E-state index in [2.05, 4.69) is 15.9 Å². The van der Waals surface area contributed by atoms with E-state index in [9.17, 15) is 0 Å². The Bertz CT molecular complexity index is 364. The Hall–Kier alpha value is -0.500. The van der Waals surface area contributed by atoms with Crippen molar-refractivity contribution in [1.82, 2.24) is 0 Å². The van der Waals surface area contributed by atoms with Crippen LogP contribution in [0.1, 0.15) is 70.6 Å². The normalized spacial score (nSPS) is 18.3. The van der Waals surface area contributed by atoms with Gasteiger partial charge in [-0.05, 0) is 43.0 Å². The van der Waals surface area contributed by atoms with Gasteiger partial charge in [0.2, 0.25) is 0 Å². The highest BCUT2D eigenvalue weighted by atomic mass is 79.9. The van der Waals surface area contributed by atoms with Gasteiger partial charge in [0, 0.05) is 4.47 Å². The Balaban J connectivity index is 1.62. The van der Waals surface area contributed by atoms with Crippen molar-refractivity contribution in [2.45, 2.75) is 70.6 Å². The van der Waals surface area contributed by atoms with Crippen LogP contribution < -0.4 is 4.74 Å². The molecule has 1 aromatic carbocycles. The van der Waals surface area contributed by atoms with Crippen LogP contribution in [0.3, 0.4) is 0 Å². The minimum absolute atomic E-state index is 0.859. The Morgan fingerprint density at radius 1 is 0.857 bits per heavy atom. The monoisotopic (exact) mass is 352 g/mol. The number of hydrogen-bond acceptors (Lipinski definition) is 1. The zero-order valence-electron chi connectivity index (χ0n) is 13.2. The van der Waals surface area contributed by atoms with E-state index in [1.807, 2.05) is 24.3 Å². The van der Waals surface area contributed by atoms with E-state index in [0.717, 1.165) is 22.7 Å². The number of ether oxygens (including phenoxy) is 1. The third-order valence-corrected chi connectivity index (χ3v) is 5.09. The number of rotatable bonds is 5. The molecule has 0 amide bonds. The fraction of sp³-hybridized carbons (Fsp3) is 0.684. The average molecular weight is 353 g/mol. The lowest BCUT2D eigenvalue weighted by atomic mass is 9.89. The van der Waals surface area contributed by atoms with Gasteiger partial charge in [0.15, 0.2) is 0 Å². The van der Waals surface area contributed by atoms with Gasteiger partial charge in [0.05, 0.1) is 6.61 Å². The lowest BCUT2D eigenvalue weighted by Gasteiger charge is -2.18. The van der Waals surface area contributed by atoms with Crippen molar-refractivity contribution in [3.63, 3.8) is 0 Å². The standard InChI is InChI=1S/C19H29BrO/c20-18-12-14-19(15-13-18)21-16-8-11-17-9-6-4-2-1-3-5-7-10-17/h12-15,17H,1-11,16H2. The summed E-state index contributed by atoms with van der Waals surface area (Å²) in [6, 6.07) is 8.15. The molecule has 118 valence electrons. The highest BCUT2D eigenvalue weighted by molar-refractivity contribution is 9.10. The molecule has 1 fully saturated rings. The van der Waals surface area contributed by atoms with Crippen LogP contribution in [0, 0.1) is 5.92 Å². The van der Waals surface area contributed by atoms with Gasteiger partial charge in [-0.15, -0.1) is 0 Å². The van der Waals surface area contributed by atoms with E-state index < -0.39 is 0 Å². The molecule has 0 unspecified atom stereocenters. The number of benzene rings is 1. The smallest absolute Gasteiger partial charge is 0.119 e. The quantitative estimate of drug-likeness (QED) is 0.532. The summed E-state index contributed by atoms with van der Waals surface area (Å²) in [6.07, 6.45) is 15.6. The molecule has 0 aromatic heterocycles. The van der Waals surface area contributed by atoms with Crippen LogP contribution in [0.5, 0.6) is 5.75 Å². The van der Waals surface area contributed by atoms with Crippen molar-refractivity contribution in [2.75, 3.05) is 6.61 Å². The molecule has 0 atom stereocenters. The molecular weight excluding hydrogens is 324 g/mol. The fourth-order valence-corrected chi connectivity index (χ4v) is 3.54. The maximum atomic E-state index is 5.83. The Morgan fingerprint density at radius 2 is 1.43 bits per heavy atom. The third-order valence-electron chi connectivity index (χ3n) is 4.56. The molecule has 0 saturated heterocycles. The van der Waals surface area contributed by atoms with Gasteiger partial charge >= 0.3 is 0 Å². The van der Waals surface area contributed by atoms with Crippen molar-refractivity contribution in [3.8, 4) is 5.75 Å². The molecule has 0 heterocycles. The van der Waals surface area contributed by atoms with Gasteiger partial charge in [-0.1, -0.05) is 73.7 Å². The highest BCUT2D eigenvalue weighted by Crippen LogP contribution is 2.25. The molecule has 1 saturated carbocycles. The molecule has 1 aliphatic carbocycles. The molecular formula is C19H29BrO. The summed E-state index contributed by atoms with van der Waals surface area (Å²) in [5.41, 5.74) is 0. The van der Waals surface area contributed by atoms with E-state index in [1.54, 1.807) is 0 Å². The number of hydrogen-bond donors (Lipinski definition) is 0. The van der Waals surface area contributed by atoms with Crippen LogP contribution in [0.2, 0.25) is 0 Å². The van der Waals surface area contributed by atoms with Gasteiger partial charge in [-0.25, -0.2) is 0 Å². The van der Waals surface area contributed by atoms with Crippen LogP contribution in [-0.4, -0.2) is 6.61 Å². The summed E-state index contributed by atoms with van der Waals surface area (Å²) in [7, 11) is 0. The summed E-state index contributed by atoms with van der Waals surface area (Å²) in [5, 5.41) is 0.